The molecule has 1 unspecified atom stereocenters. The molecule has 0 aliphatic heterocycles. The fraction of sp³-hybridized carbons (Fsp3) is 0.188. The van der Waals surface area contributed by atoms with Crippen molar-refractivity contribution in [3.8, 4) is 0 Å². The van der Waals surface area contributed by atoms with Crippen LogP contribution < -0.4 is 5.32 Å². The monoisotopic (exact) mass is 351 g/mol. The lowest BCUT2D eigenvalue weighted by Crippen LogP contribution is -2.24. The molecule has 0 spiro atoms. The number of carbonyl (C=O) groups excluding carboxylic acids is 1. The third kappa shape index (κ3) is 4.44. The average molecular weight is 353 g/mol. The minimum Gasteiger partial charge on any atom is -0.304 e. The largest absolute Gasteiger partial charge is 0.304 e. The highest BCUT2D eigenvalue weighted by molar-refractivity contribution is 9.10. The van der Waals surface area contributed by atoms with E-state index in [1.807, 2.05) is 24.3 Å². The van der Waals surface area contributed by atoms with Crippen molar-refractivity contribution in [1.82, 2.24) is 5.32 Å². The van der Waals surface area contributed by atoms with Crippen molar-refractivity contribution in [3.05, 3.63) is 69.2 Å². The van der Waals surface area contributed by atoms with E-state index in [0.717, 1.165) is 29.3 Å². The molecule has 0 radical (unpaired) electrons. The second kappa shape index (κ2) is 7.58. The van der Waals surface area contributed by atoms with Crippen LogP contribution in [0.15, 0.2) is 53.0 Å². The predicted octanol–water partition coefficient (Wildman–Crippen LogP) is 4.17. The van der Waals surface area contributed by atoms with Gasteiger partial charge in [0.15, 0.2) is 0 Å². The Labute approximate surface area is 132 Å². The highest BCUT2D eigenvalue weighted by Crippen LogP contribution is 2.16. The van der Waals surface area contributed by atoms with Crippen LogP contribution in [-0.2, 0) is 11.2 Å². The standard InChI is InChI=1S/C16H15BrClNO/c17-14-3-1-2-12(10-14)8-9-19-16(11-20)13-4-6-15(18)7-5-13/h1-7,10-11,16,19H,8-9H2. The van der Waals surface area contributed by atoms with Gasteiger partial charge in [0.05, 0.1) is 6.04 Å². The van der Waals surface area contributed by atoms with Crippen molar-refractivity contribution in [3.63, 3.8) is 0 Å². The Bertz CT molecular complexity index is 571. The van der Waals surface area contributed by atoms with Crippen LogP contribution >= 0.6 is 27.5 Å². The number of nitrogens with one attached hydrogen (secondary N) is 1. The lowest BCUT2D eigenvalue weighted by atomic mass is 10.1. The fourth-order valence-corrected chi connectivity index (χ4v) is 2.55. The Balaban J connectivity index is 1.91. The van der Waals surface area contributed by atoms with E-state index in [1.165, 1.54) is 5.56 Å². The lowest BCUT2D eigenvalue weighted by molar-refractivity contribution is -0.109. The zero-order valence-corrected chi connectivity index (χ0v) is 13.2. The molecular formula is C16H15BrClNO. The minimum absolute atomic E-state index is 0.292. The van der Waals surface area contributed by atoms with Gasteiger partial charge in [-0.05, 0) is 41.8 Å². The second-order valence-electron chi connectivity index (χ2n) is 4.50. The molecule has 0 bridgehead atoms. The molecule has 0 saturated carbocycles. The summed E-state index contributed by atoms with van der Waals surface area (Å²) in [5.41, 5.74) is 2.16. The van der Waals surface area contributed by atoms with Crippen LogP contribution in [0.5, 0.6) is 0 Å². The number of rotatable bonds is 6. The molecule has 20 heavy (non-hydrogen) atoms. The molecule has 2 nitrogen and oxygen atoms in total. The Morgan fingerprint density at radius 1 is 1.20 bits per heavy atom. The lowest BCUT2D eigenvalue weighted by Gasteiger charge is -2.13. The molecule has 1 N–H and O–H groups in total. The molecule has 104 valence electrons. The van der Waals surface area contributed by atoms with Gasteiger partial charge in [-0.15, -0.1) is 0 Å². The Morgan fingerprint density at radius 3 is 2.60 bits per heavy atom. The van der Waals surface area contributed by atoms with Gasteiger partial charge in [0.1, 0.15) is 6.29 Å². The number of aldehydes is 1. The second-order valence-corrected chi connectivity index (χ2v) is 5.85. The number of benzene rings is 2. The average Bonchev–Trinajstić information content (AvgIpc) is 2.45. The van der Waals surface area contributed by atoms with Gasteiger partial charge >= 0.3 is 0 Å². The van der Waals surface area contributed by atoms with E-state index < -0.39 is 0 Å². The molecule has 0 fully saturated rings. The zero-order valence-electron chi connectivity index (χ0n) is 10.9. The number of halogens is 2. The normalized spacial score (nSPS) is 12.1. The molecule has 0 amide bonds. The Kier molecular flexibility index (Phi) is 5.77. The number of hydrogen-bond donors (Lipinski definition) is 1. The van der Waals surface area contributed by atoms with Crippen LogP contribution in [0.25, 0.3) is 0 Å². The highest BCUT2D eigenvalue weighted by Gasteiger charge is 2.09. The van der Waals surface area contributed by atoms with Crippen LogP contribution in [-0.4, -0.2) is 12.8 Å². The van der Waals surface area contributed by atoms with Crippen molar-refractivity contribution < 1.29 is 4.79 Å². The van der Waals surface area contributed by atoms with Crippen molar-refractivity contribution in [1.29, 1.82) is 0 Å². The summed E-state index contributed by atoms with van der Waals surface area (Å²) in [6, 6.07) is 15.2. The number of carbonyl (C=O) groups is 1. The summed E-state index contributed by atoms with van der Waals surface area (Å²) in [6.07, 6.45) is 1.79. The van der Waals surface area contributed by atoms with Crippen molar-refractivity contribution in [2.75, 3.05) is 6.54 Å². The van der Waals surface area contributed by atoms with Gasteiger partial charge < -0.3 is 10.1 Å². The van der Waals surface area contributed by atoms with Crippen molar-refractivity contribution >= 4 is 33.8 Å². The van der Waals surface area contributed by atoms with E-state index in [0.29, 0.717) is 5.02 Å². The van der Waals surface area contributed by atoms with E-state index in [2.05, 4.69) is 33.4 Å². The molecule has 1 atom stereocenters. The van der Waals surface area contributed by atoms with E-state index in [9.17, 15) is 4.79 Å². The van der Waals surface area contributed by atoms with Crippen LogP contribution in [0.2, 0.25) is 5.02 Å². The first-order valence-electron chi connectivity index (χ1n) is 6.37. The third-order valence-corrected chi connectivity index (χ3v) is 3.78. The summed E-state index contributed by atoms with van der Waals surface area (Å²) in [4.78, 5) is 11.2. The van der Waals surface area contributed by atoms with E-state index >= 15 is 0 Å². The van der Waals surface area contributed by atoms with E-state index in [4.69, 9.17) is 11.6 Å². The maximum Gasteiger partial charge on any atom is 0.141 e. The highest BCUT2D eigenvalue weighted by atomic mass is 79.9. The van der Waals surface area contributed by atoms with Gasteiger partial charge in [0, 0.05) is 16.0 Å². The first kappa shape index (κ1) is 15.2. The van der Waals surface area contributed by atoms with Crippen molar-refractivity contribution in [2.24, 2.45) is 0 Å². The van der Waals surface area contributed by atoms with Gasteiger partial charge in [-0.3, -0.25) is 0 Å². The van der Waals surface area contributed by atoms with Gasteiger partial charge in [-0.1, -0.05) is 51.8 Å². The molecule has 2 aromatic carbocycles. The molecule has 4 heteroatoms. The van der Waals surface area contributed by atoms with Gasteiger partial charge in [0.25, 0.3) is 0 Å². The maximum absolute atomic E-state index is 11.2. The van der Waals surface area contributed by atoms with Gasteiger partial charge in [0.2, 0.25) is 0 Å². The Hall–Kier alpha value is -1.16. The zero-order chi connectivity index (χ0) is 14.4. The summed E-state index contributed by atoms with van der Waals surface area (Å²) in [6.45, 7) is 0.739. The topological polar surface area (TPSA) is 29.1 Å². The fourth-order valence-electron chi connectivity index (χ4n) is 1.98. The van der Waals surface area contributed by atoms with Crippen LogP contribution in [0.3, 0.4) is 0 Å². The smallest absolute Gasteiger partial charge is 0.141 e. The van der Waals surface area contributed by atoms with E-state index in [-0.39, 0.29) is 6.04 Å². The molecule has 2 rings (SSSR count). The molecule has 0 saturated heterocycles. The quantitative estimate of drug-likeness (QED) is 0.790. The summed E-state index contributed by atoms with van der Waals surface area (Å²) < 4.78 is 1.07. The molecule has 0 heterocycles. The third-order valence-electron chi connectivity index (χ3n) is 3.03. The molecule has 0 aromatic heterocycles. The van der Waals surface area contributed by atoms with Gasteiger partial charge in [-0.25, -0.2) is 0 Å². The first-order chi connectivity index (χ1) is 9.69. The molecule has 0 aliphatic carbocycles. The van der Waals surface area contributed by atoms with Crippen molar-refractivity contribution in [2.45, 2.75) is 12.5 Å². The van der Waals surface area contributed by atoms with Crippen LogP contribution in [0.4, 0.5) is 0 Å². The van der Waals surface area contributed by atoms with E-state index in [1.54, 1.807) is 12.1 Å². The SMILES string of the molecule is O=CC(NCCc1cccc(Br)c1)c1ccc(Cl)cc1. The van der Waals surface area contributed by atoms with Gasteiger partial charge in [-0.2, -0.15) is 0 Å². The maximum atomic E-state index is 11.2. The summed E-state index contributed by atoms with van der Waals surface area (Å²) in [5.74, 6) is 0. The molecule has 2 aromatic rings. The molecule has 0 aliphatic rings. The molecular weight excluding hydrogens is 338 g/mol. The number of hydrogen-bond acceptors (Lipinski definition) is 2. The first-order valence-corrected chi connectivity index (χ1v) is 7.55. The minimum atomic E-state index is -0.292. The Morgan fingerprint density at radius 2 is 1.95 bits per heavy atom. The predicted molar refractivity (Wildman–Crippen MR) is 86.1 cm³/mol. The van der Waals surface area contributed by atoms with Crippen LogP contribution in [0.1, 0.15) is 17.2 Å². The van der Waals surface area contributed by atoms with Crippen LogP contribution in [0, 0.1) is 0 Å². The summed E-state index contributed by atoms with van der Waals surface area (Å²) in [7, 11) is 0. The summed E-state index contributed by atoms with van der Waals surface area (Å²) in [5, 5.41) is 3.92. The summed E-state index contributed by atoms with van der Waals surface area (Å²) >= 11 is 9.30.